The second-order valence-electron chi connectivity index (χ2n) is 10.2. The fourth-order valence-electron chi connectivity index (χ4n) is 5.56. The van der Waals surface area contributed by atoms with Gasteiger partial charge in [-0.1, -0.05) is 36.4 Å². The predicted octanol–water partition coefficient (Wildman–Crippen LogP) is 4.24. The van der Waals surface area contributed by atoms with Crippen LogP contribution in [0.5, 0.6) is 0 Å². The van der Waals surface area contributed by atoms with Gasteiger partial charge in [-0.2, -0.15) is 10.2 Å². The van der Waals surface area contributed by atoms with Gasteiger partial charge in [-0.3, -0.25) is 14.7 Å². The number of fused-ring (bicyclic) bond motifs is 2. The predicted molar refractivity (Wildman–Crippen MR) is 147 cm³/mol. The molecule has 0 spiro atoms. The second-order valence-corrected chi connectivity index (χ2v) is 10.2. The average molecular weight is 519 g/mol. The summed E-state index contributed by atoms with van der Waals surface area (Å²) in [6.07, 6.45) is 5.48. The smallest absolute Gasteiger partial charge is 0.269 e. The summed E-state index contributed by atoms with van der Waals surface area (Å²) in [5, 5.41) is 14.8. The molecule has 39 heavy (non-hydrogen) atoms. The lowest BCUT2D eigenvalue weighted by atomic mass is 9.99. The number of H-pyrrole nitrogens is 1. The van der Waals surface area contributed by atoms with E-state index in [9.17, 15) is 9.59 Å². The SMILES string of the molecule is CC(=O)Nc1cccc(-c2c(N3Cc4ccccc4C3)nc3c(C4CC4)c(C(N)=O)nn3c2-c2cn[nH]c2)c1. The topological polar surface area (TPSA) is 134 Å². The van der Waals surface area contributed by atoms with Gasteiger partial charge in [0.15, 0.2) is 11.3 Å². The summed E-state index contributed by atoms with van der Waals surface area (Å²) in [4.78, 5) is 31.9. The third-order valence-corrected chi connectivity index (χ3v) is 7.38. The largest absolute Gasteiger partial charge is 0.364 e. The Labute approximate surface area is 223 Å². The van der Waals surface area contributed by atoms with Crippen LogP contribution in [0, 0.1) is 0 Å². The van der Waals surface area contributed by atoms with Crippen molar-refractivity contribution in [3.05, 3.63) is 83.3 Å². The highest BCUT2D eigenvalue weighted by molar-refractivity contribution is 5.97. The van der Waals surface area contributed by atoms with Crippen molar-refractivity contribution >= 4 is 29.0 Å². The van der Waals surface area contributed by atoms with E-state index in [4.69, 9.17) is 15.8 Å². The molecule has 1 fully saturated rings. The molecule has 2 aromatic carbocycles. The van der Waals surface area contributed by atoms with Crippen molar-refractivity contribution in [2.75, 3.05) is 10.2 Å². The number of carbonyl (C=O) groups is 2. The molecule has 2 aliphatic rings. The molecule has 1 saturated carbocycles. The molecule has 5 aromatic rings. The fourth-order valence-corrected chi connectivity index (χ4v) is 5.56. The Kier molecular flexibility index (Phi) is 5.22. The summed E-state index contributed by atoms with van der Waals surface area (Å²) in [6, 6.07) is 16.1. The van der Waals surface area contributed by atoms with Crippen LogP contribution in [-0.2, 0) is 17.9 Å². The zero-order chi connectivity index (χ0) is 26.7. The minimum atomic E-state index is -0.565. The lowest BCUT2D eigenvalue weighted by Gasteiger charge is -2.24. The molecule has 0 saturated heterocycles. The van der Waals surface area contributed by atoms with Gasteiger partial charge in [0, 0.05) is 43.0 Å². The second kappa shape index (κ2) is 8.80. The molecule has 194 valence electrons. The molecule has 3 aromatic heterocycles. The van der Waals surface area contributed by atoms with E-state index in [1.54, 1.807) is 16.9 Å². The molecule has 4 heterocycles. The molecular formula is C29H26N8O2. The van der Waals surface area contributed by atoms with Gasteiger partial charge in [0.05, 0.1) is 17.5 Å². The third-order valence-electron chi connectivity index (χ3n) is 7.38. The fraction of sp³-hybridized carbons (Fsp3) is 0.207. The summed E-state index contributed by atoms with van der Waals surface area (Å²) in [6.45, 7) is 2.87. The Morgan fingerprint density at radius 1 is 1.05 bits per heavy atom. The van der Waals surface area contributed by atoms with Crippen molar-refractivity contribution in [1.29, 1.82) is 0 Å². The Bertz CT molecular complexity index is 1740. The lowest BCUT2D eigenvalue weighted by molar-refractivity contribution is -0.114. The minimum Gasteiger partial charge on any atom is -0.364 e. The molecule has 4 N–H and O–H groups in total. The Balaban J connectivity index is 1.56. The number of hydrogen-bond donors (Lipinski definition) is 3. The monoisotopic (exact) mass is 518 g/mol. The van der Waals surface area contributed by atoms with E-state index in [1.807, 2.05) is 24.3 Å². The first-order valence-corrected chi connectivity index (χ1v) is 12.9. The Hall–Kier alpha value is -4.99. The number of nitrogens with two attached hydrogens (primary N) is 1. The molecule has 2 amide bonds. The van der Waals surface area contributed by atoms with Gasteiger partial charge in [0.2, 0.25) is 5.91 Å². The Morgan fingerprint density at radius 2 is 1.82 bits per heavy atom. The summed E-state index contributed by atoms with van der Waals surface area (Å²) in [5.74, 6) is 0.253. The zero-order valence-corrected chi connectivity index (χ0v) is 21.3. The number of benzene rings is 2. The van der Waals surface area contributed by atoms with Gasteiger partial charge >= 0.3 is 0 Å². The number of aromatic amines is 1. The van der Waals surface area contributed by atoms with Crippen LogP contribution in [0.1, 0.15) is 52.9 Å². The van der Waals surface area contributed by atoms with Gasteiger partial charge in [0.25, 0.3) is 5.91 Å². The van der Waals surface area contributed by atoms with Gasteiger partial charge < -0.3 is 16.0 Å². The molecule has 0 unspecified atom stereocenters. The van der Waals surface area contributed by atoms with Crippen LogP contribution in [0.4, 0.5) is 11.5 Å². The first-order chi connectivity index (χ1) is 19.0. The summed E-state index contributed by atoms with van der Waals surface area (Å²) >= 11 is 0. The highest BCUT2D eigenvalue weighted by atomic mass is 16.1. The number of aromatic nitrogens is 5. The van der Waals surface area contributed by atoms with Crippen LogP contribution in [-0.4, -0.2) is 36.6 Å². The maximum atomic E-state index is 12.6. The lowest BCUT2D eigenvalue weighted by Crippen LogP contribution is -2.19. The van der Waals surface area contributed by atoms with E-state index < -0.39 is 5.91 Å². The van der Waals surface area contributed by atoms with Crippen molar-refractivity contribution in [2.24, 2.45) is 5.73 Å². The standard InChI is InChI=1S/C29H26N8O2/c1-16(38)33-22-8-4-7-18(11-22)24-26(21-12-31-32-13-21)37-29(23(17-9-10-17)25(35-37)27(30)39)34-28(24)36-14-19-5-2-3-6-20(19)15-36/h2-8,11-13,17H,9-10,14-15H2,1H3,(H2,30,39)(H,31,32)(H,33,38). The quantitative estimate of drug-likeness (QED) is 0.308. The number of carbonyl (C=O) groups excluding carboxylic acids is 2. The van der Waals surface area contributed by atoms with E-state index >= 15 is 0 Å². The van der Waals surface area contributed by atoms with E-state index in [2.05, 4.69) is 44.7 Å². The molecule has 0 radical (unpaired) electrons. The van der Waals surface area contributed by atoms with Crippen LogP contribution in [0.2, 0.25) is 0 Å². The summed E-state index contributed by atoms with van der Waals surface area (Å²) in [7, 11) is 0. The van der Waals surface area contributed by atoms with Crippen LogP contribution in [0.25, 0.3) is 28.0 Å². The van der Waals surface area contributed by atoms with Crippen LogP contribution >= 0.6 is 0 Å². The molecule has 1 aliphatic heterocycles. The van der Waals surface area contributed by atoms with E-state index in [-0.39, 0.29) is 17.5 Å². The minimum absolute atomic E-state index is 0.154. The van der Waals surface area contributed by atoms with E-state index in [0.29, 0.717) is 24.4 Å². The van der Waals surface area contributed by atoms with E-state index in [0.717, 1.165) is 46.6 Å². The Morgan fingerprint density at radius 3 is 2.46 bits per heavy atom. The molecule has 10 heteroatoms. The summed E-state index contributed by atoms with van der Waals surface area (Å²) < 4.78 is 1.74. The van der Waals surface area contributed by atoms with Crippen molar-refractivity contribution in [1.82, 2.24) is 24.8 Å². The van der Waals surface area contributed by atoms with Gasteiger partial charge in [0.1, 0.15) is 5.82 Å². The van der Waals surface area contributed by atoms with Crippen molar-refractivity contribution < 1.29 is 9.59 Å². The maximum absolute atomic E-state index is 12.6. The average Bonchev–Trinajstić information content (AvgIpc) is 3.30. The number of rotatable bonds is 6. The molecule has 10 nitrogen and oxygen atoms in total. The van der Waals surface area contributed by atoms with Crippen molar-refractivity contribution in [2.45, 2.75) is 38.8 Å². The highest BCUT2D eigenvalue weighted by Gasteiger charge is 2.36. The number of amides is 2. The van der Waals surface area contributed by atoms with Crippen LogP contribution in [0.15, 0.2) is 60.9 Å². The molecule has 7 rings (SSSR count). The summed E-state index contributed by atoms with van der Waals surface area (Å²) in [5.41, 5.74) is 13.9. The zero-order valence-electron chi connectivity index (χ0n) is 21.3. The van der Waals surface area contributed by atoms with Gasteiger partial charge in [-0.15, -0.1) is 0 Å². The molecule has 0 bridgehead atoms. The number of nitrogens with one attached hydrogen (secondary N) is 2. The number of nitrogens with zero attached hydrogens (tertiary/aromatic N) is 5. The van der Waals surface area contributed by atoms with Crippen molar-refractivity contribution in [3.8, 4) is 22.4 Å². The maximum Gasteiger partial charge on any atom is 0.269 e. The molecule has 1 aliphatic carbocycles. The highest BCUT2D eigenvalue weighted by Crippen LogP contribution is 2.47. The third kappa shape index (κ3) is 3.92. The number of anilines is 2. The van der Waals surface area contributed by atoms with Crippen molar-refractivity contribution in [3.63, 3.8) is 0 Å². The van der Waals surface area contributed by atoms with E-state index in [1.165, 1.54) is 18.1 Å². The van der Waals surface area contributed by atoms with Crippen LogP contribution < -0.4 is 16.0 Å². The molecule has 0 atom stereocenters. The van der Waals surface area contributed by atoms with Gasteiger partial charge in [-0.25, -0.2) is 9.50 Å². The number of hydrogen-bond acceptors (Lipinski definition) is 6. The van der Waals surface area contributed by atoms with Gasteiger partial charge in [-0.05, 0) is 47.6 Å². The number of primary amides is 1. The first kappa shape index (κ1) is 23.2. The normalized spacial score (nSPS) is 14.5. The van der Waals surface area contributed by atoms with Crippen LogP contribution in [0.3, 0.4) is 0 Å². The molecular weight excluding hydrogens is 492 g/mol. The first-order valence-electron chi connectivity index (χ1n) is 12.9.